The quantitative estimate of drug-likeness (QED) is 0.606. The molecule has 2 atom stereocenters. The van der Waals surface area contributed by atoms with E-state index < -0.39 is 6.16 Å². The minimum absolute atomic E-state index is 0.106. The van der Waals surface area contributed by atoms with E-state index in [9.17, 15) is 4.79 Å². The van der Waals surface area contributed by atoms with E-state index in [4.69, 9.17) is 19.9 Å². The van der Waals surface area contributed by atoms with Crippen molar-refractivity contribution in [2.75, 3.05) is 18.9 Å². The summed E-state index contributed by atoms with van der Waals surface area (Å²) in [7, 11) is 0. The summed E-state index contributed by atoms with van der Waals surface area (Å²) in [5.41, 5.74) is 7.54. The molecular weight excluding hydrogens is 324 g/mol. The van der Waals surface area contributed by atoms with Crippen LogP contribution in [0.5, 0.6) is 0 Å². The summed E-state index contributed by atoms with van der Waals surface area (Å²) in [5.74, 6) is 0.435. The predicted molar refractivity (Wildman–Crippen MR) is 91.1 cm³/mol. The van der Waals surface area contributed by atoms with E-state index in [0.717, 1.165) is 43.3 Å². The maximum absolute atomic E-state index is 11.6. The van der Waals surface area contributed by atoms with Gasteiger partial charge in [-0.2, -0.15) is 5.10 Å². The van der Waals surface area contributed by atoms with E-state index in [1.807, 2.05) is 12.1 Å². The van der Waals surface area contributed by atoms with Crippen LogP contribution in [0.4, 0.5) is 10.6 Å². The molecule has 2 aromatic heterocycles. The summed E-state index contributed by atoms with van der Waals surface area (Å²) >= 11 is 0. The lowest BCUT2D eigenvalue weighted by Crippen LogP contribution is -2.19. The third kappa shape index (κ3) is 4.19. The molecule has 25 heavy (non-hydrogen) atoms. The Labute approximate surface area is 146 Å². The fourth-order valence-corrected chi connectivity index (χ4v) is 2.97. The number of anilines is 1. The van der Waals surface area contributed by atoms with Gasteiger partial charge in [-0.3, -0.25) is 0 Å². The summed E-state index contributed by atoms with van der Waals surface area (Å²) in [6.07, 6.45) is 5.17. The number of carbonyl (C=O) groups is 1. The Kier molecular flexibility index (Phi) is 5.70. The lowest BCUT2D eigenvalue weighted by molar-refractivity contribution is -0.0175. The molecule has 0 bridgehead atoms. The Morgan fingerprint density at radius 1 is 1.36 bits per heavy atom. The SMILES string of the molecule is CCCCCOC(=O)OCC1CCC(c2ccc3c(N)ncnn23)O1. The van der Waals surface area contributed by atoms with Crippen molar-refractivity contribution in [1.82, 2.24) is 14.6 Å². The fourth-order valence-electron chi connectivity index (χ4n) is 2.97. The summed E-state index contributed by atoms with van der Waals surface area (Å²) < 4.78 is 17.9. The Balaban J connectivity index is 1.48. The molecule has 1 saturated heterocycles. The van der Waals surface area contributed by atoms with E-state index in [2.05, 4.69) is 17.0 Å². The first-order valence-electron chi connectivity index (χ1n) is 8.72. The monoisotopic (exact) mass is 348 g/mol. The number of nitrogens with zero attached hydrogens (tertiary/aromatic N) is 3. The molecule has 2 unspecified atom stereocenters. The highest BCUT2D eigenvalue weighted by Crippen LogP contribution is 2.33. The van der Waals surface area contributed by atoms with Gasteiger partial charge >= 0.3 is 6.16 Å². The van der Waals surface area contributed by atoms with Crippen LogP contribution in [0, 0.1) is 0 Å². The van der Waals surface area contributed by atoms with Crippen LogP contribution < -0.4 is 5.73 Å². The molecule has 8 heteroatoms. The maximum Gasteiger partial charge on any atom is 0.508 e. The number of aromatic nitrogens is 3. The smallest absolute Gasteiger partial charge is 0.434 e. The summed E-state index contributed by atoms with van der Waals surface area (Å²) in [6, 6.07) is 3.82. The largest absolute Gasteiger partial charge is 0.508 e. The van der Waals surface area contributed by atoms with E-state index in [0.29, 0.717) is 12.4 Å². The molecule has 0 spiro atoms. The number of fused-ring (bicyclic) bond motifs is 1. The number of hydrogen-bond acceptors (Lipinski definition) is 7. The number of ether oxygens (including phenoxy) is 3. The number of carbonyl (C=O) groups excluding carboxylic acids is 1. The number of nitrogens with two attached hydrogens (primary N) is 1. The van der Waals surface area contributed by atoms with Gasteiger partial charge in [0.15, 0.2) is 5.82 Å². The molecule has 0 radical (unpaired) electrons. The Hall–Kier alpha value is -2.35. The van der Waals surface area contributed by atoms with Crippen molar-refractivity contribution in [2.24, 2.45) is 0 Å². The number of unbranched alkanes of at least 4 members (excludes halogenated alkanes) is 2. The highest BCUT2D eigenvalue weighted by molar-refractivity contribution is 5.65. The van der Waals surface area contributed by atoms with Gasteiger partial charge in [-0.05, 0) is 31.4 Å². The minimum Gasteiger partial charge on any atom is -0.434 e. The summed E-state index contributed by atoms with van der Waals surface area (Å²) in [4.78, 5) is 15.5. The summed E-state index contributed by atoms with van der Waals surface area (Å²) in [5, 5.41) is 4.23. The van der Waals surface area contributed by atoms with Crippen LogP contribution in [0.1, 0.15) is 50.8 Å². The van der Waals surface area contributed by atoms with Crippen molar-refractivity contribution < 1.29 is 19.0 Å². The van der Waals surface area contributed by atoms with Gasteiger partial charge in [0.2, 0.25) is 0 Å². The van der Waals surface area contributed by atoms with Crippen LogP contribution in [0.3, 0.4) is 0 Å². The fraction of sp³-hybridized carbons (Fsp3) is 0.588. The second-order valence-electron chi connectivity index (χ2n) is 6.14. The zero-order valence-corrected chi connectivity index (χ0v) is 14.4. The van der Waals surface area contributed by atoms with Gasteiger partial charge in [-0.25, -0.2) is 14.3 Å². The molecule has 136 valence electrons. The molecule has 3 rings (SSSR count). The van der Waals surface area contributed by atoms with E-state index in [1.165, 1.54) is 6.33 Å². The zero-order chi connectivity index (χ0) is 17.6. The average Bonchev–Trinajstić information content (AvgIpc) is 3.24. The minimum atomic E-state index is -0.628. The molecule has 1 aliphatic heterocycles. The first-order chi connectivity index (χ1) is 12.2. The van der Waals surface area contributed by atoms with Crippen LogP contribution in [0.25, 0.3) is 5.52 Å². The second-order valence-corrected chi connectivity index (χ2v) is 6.14. The van der Waals surface area contributed by atoms with Crippen LogP contribution in [-0.4, -0.2) is 40.1 Å². The Morgan fingerprint density at radius 2 is 2.24 bits per heavy atom. The van der Waals surface area contributed by atoms with Crippen LogP contribution in [0.2, 0.25) is 0 Å². The molecule has 2 N–H and O–H groups in total. The first kappa shape index (κ1) is 17.5. The van der Waals surface area contributed by atoms with Gasteiger partial charge in [0, 0.05) is 0 Å². The molecule has 2 aromatic rings. The molecule has 3 heterocycles. The van der Waals surface area contributed by atoms with Gasteiger partial charge in [0.05, 0.1) is 18.4 Å². The maximum atomic E-state index is 11.6. The van der Waals surface area contributed by atoms with Crippen molar-refractivity contribution in [2.45, 2.75) is 51.2 Å². The third-order valence-corrected chi connectivity index (χ3v) is 4.30. The highest BCUT2D eigenvalue weighted by Gasteiger charge is 2.30. The van der Waals surface area contributed by atoms with Crippen LogP contribution >= 0.6 is 0 Å². The highest BCUT2D eigenvalue weighted by atomic mass is 16.7. The Morgan fingerprint density at radius 3 is 3.08 bits per heavy atom. The molecule has 0 saturated carbocycles. The molecule has 0 aliphatic carbocycles. The van der Waals surface area contributed by atoms with E-state index in [-0.39, 0.29) is 18.8 Å². The predicted octanol–water partition coefficient (Wildman–Crippen LogP) is 2.88. The van der Waals surface area contributed by atoms with Crippen molar-refractivity contribution in [1.29, 1.82) is 0 Å². The van der Waals surface area contributed by atoms with Crippen LogP contribution in [-0.2, 0) is 14.2 Å². The molecule has 8 nitrogen and oxygen atoms in total. The lowest BCUT2D eigenvalue weighted by Gasteiger charge is -2.14. The van der Waals surface area contributed by atoms with Gasteiger partial charge in [0.1, 0.15) is 24.6 Å². The first-order valence-corrected chi connectivity index (χ1v) is 8.72. The van der Waals surface area contributed by atoms with Crippen molar-refractivity contribution in [3.63, 3.8) is 0 Å². The van der Waals surface area contributed by atoms with Gasteiger partial charge < -0.3 is 19.9 Å². The van der Waals surface area contributed by atoms with Gasteiger partial charge in [0.25, 0.3) is 0 Å². The topological polar surface area (TPSA) is 101 Å². The molecule has 0 aromatic carbocycles. The number of nitrogen functional groups attached to an aromatic ring is 1. The molecule has 1 aliphatic rings. The average molecular weight is 348 g/mol. The van der Waals surface area contributed by atoms with E-state index in [1.54, 1.807) is 4.52 Å². The molecular formula is C17H24N4O4. The summed E-state index contributed by atoms with van der Waals surface area (Å²) in [6.45, 7) is 2.70. The molecule has 0 amide bonds. The zero-order valence-electron chi connectivity index (χ0n) is 14.4. The van der Waals surface area contributed by atoms with E-state index >= 15 is 0 Å². The van der Waals surface area contributed by atoms with Crippen LogP contribution in [0.15, 0.2) is 18.5 Å². The number of rotatable bonds is 7. The third-order valence-electron chi connectivity index (χ3n) is 4.30. The lowest BCUT2D eigenvalue weighted by atomic mass is 10.1. The van der Waals surface area contributed by atoms with Crippen molar-refractivity contribution >= 4 is 17.5 Å². The number of hydrogen-bond donors (Lipinski definition) is 1. The van der Waals surface area contributed by atoms with Crippen molar-refractivity contribution in [3.05, 3.63) is 24.2 Å². The molecule has 1 fully saturated rings. The second kappa shape index (κ2) is 8.15. The van der Waals surface area contributed by atoms with Gasteiger partial charge in [-0.1, -0.05) is 19.8 Å². The van der Waals surface area contributed by atoms with Gasteiger partial charge in [-0.15, -0.1) is 0 Å². The standard InChI is InChI=1S/C17H24N4O4/c1-2-3-4-9-23-17(22)24-10-12-5-8-15(25-12)13-6-7-14-16(18)19-11-20-21(13)14/h6-7,11-12,15H,2-5,8-10H2,1H3,(H2,18,19,20). The van der Waals surface area contributed by atoms with Crippen molar-refractivity contribution in [3.8, 4) is 0 Å². The normalized spacial score (nSPS) is 20.0. The Bertz CT molecular complexity index is 718.